The number of para-hydroxylation sites is 1. The minimum Gasteiger partial charge on any atom is -0.492 e. The second kappa shape index (κ2) is 15.1. The third-order valence-electron chi connectivity index (χ3n) is 5.63. The number of aliphatic imine (C=N–C) groups is 1. The smallest absolute Gasteiger partial charge is 0.191 e. The summed E-state index contributed by atoms with van der Waals surface area (Å²) < 4.78 is 22.6. The summed E-state index contributed by atoms with van der Waals surface area (Å²) in [5, 5.41) is 6.72. The quantitative estimate of drug-likeness (QED) is 0.271. The van der Waals surface area contributed by atoms with Gasteiger partial charge in [-0.3, -0.25) is 4.90 Å². The van der Waals surface area contributed by atoms with Crippen LogP contribution in [0, 0.1) is 5.92 Å². The first-order chi connectivity index (χ1) is 15.8. The zero-order valence-electron chi connectivity index (χ0n) is 19.5. The molecule has 0 aliphatic carbocycles. The molecule has 8 nitrogen and oxygen atoms in total. The van der Waals surface area contributed by atoms with E-state index in [1.807, 2.05) is 18.2 Å². The van der Waals surface area contributed by atoms with Crippen molar-refractivity contribution in [1.82, 2.24) is 15.5 Å². The highest BCUT2D eigenvalue weighted by Crippen LogP contribution is 2.19. The Hall–Kier alpha value is -1.87. The number of guanidine groups is 1. The molecular formula is C24H40N4O4. The van der Waals surface area contributed by atoms with Crippen molar-refractivity contribution in [3.05, 3.63) is 29.8 Å². The second-order valence-corrected chi connectivity index (χ2v) is 8.19. The molecule has 0 aromatic heterocycles. The van der Waals surface area contributed by atoms with Crippen LogP contribution >= 0.6 is 0 Å². The Bertz CT molecular complexity index is 661. The molecule has 0 amide bonds. The van der Waals surface area contributed by atoms with Crippen LogP contribution in [0.5, 0.6) is 5.75 Å². The highest BCUT2D eigenvalue weighted by Gasteiger charge is 2.15. The molecule has 1 unspecified atom stereocenters. The summed E-state index contributed by atoms with van der Waals surface area (Å²) >= 11 is 0. The molecule has 32 heavy (non-hydrogen) atoms. The molecule has 3 rings (SSSR count). The Morgan fingerprint density at radius 3 is 2.81 bits per heavy atom. The monoisotopic (exact) mass is 448 g/mol. The summed E-state index contributed by atoms with van der Waals surface area (Å²) in [6.07, 6.45) is 2.06. The van der Waals surface area contributed by atoms with Gasteiger partial charge in [0.2, 0.25) is 0 Å². The Morgan fingerprint density at radius 1 is 1.12 bits per heavy atom. The first kappa shape index (κ1) is 24.8. The summed E-state index contributed by atoms with van der Waals surface area (Å²) in [7, 11) is 0. The summed E-state index contributed by atoms with van der Waals surface area (Å²) in [6.45, 7) is 12.7. The van der Waals surface area contributed by atoms with Gasteiger partial charge in [-0.2, -0.15) is 0 Å². The molecule has 2 heterocycles. The molecule has 0 bridgehead atoms. The summed E-state index contributed by atoms with van der Waals surface area (Å²) in [5.74, 6) is 2.29. The molecule has 1 aromatic carbocycles. The highest BCUT2D eigenvalue weighted by molar-refractivity contribution is 5.79. The van der Waals surface area contributed by atoms with Gasteiger partial charge in [0.05, 0.1) is 33.0 Å². The van der Waals surface area contributed by atoms with E-state index in [-0.39, 0.29) is 0 Å². The maximum absolute atomic E-state index is 6.08. The van der Waals surface area contributed by atoms with Crippen molar-refractivity contribution in [3.8, 4) is 5.75 Å². The molecule has 1 aromatic rings. The molecule has 8 heteroatoms. The Kier molecular flexibility index (Phi) is 11.7. The van der Waals surface area contributed by atoms with Crippen LogP contribution in [-0.2, 0) is 20.8 Å². The fourth-order valence-electron chi connectivity index (χ4n) is 3.74. The molecule has 2 saturated heterocycles. The van der Waals surface area contributed by atoms with Crippen LogP contribution in [0.2, 0.25) is 0 Å². The van der Waals surface area contributed by atoms with Gasteiger partial charge in [0.1, 0.15) is 12.4 Å². The maximum atomic E-state index is 6.08. The summed E-state index contributed by atoms with van der Waals surface area (Å²) in [4.78, 5) is 7.13. The van der Waals surface area contributed by atoms with Gasteiger partial charge in [-0.25, -0.2) is 4.99 Å². The third-order valence-corrected chi connectivity index (χ3v) is 5.63. The Morgan fingerprint density at radius 2 is 2.00 bits per heavy atom. The van der Waals surface area contributed by atoms with E-state index in [0.717, 1.165) is 102 Å². The van der Waals surface area contributed by atoms with Crippen molar-refractivity contribution in [2.45, 2.75) is 26.3 Å². The van der Waals surface area contributed by atoms with Crippen LogP contribution in [-0.4, -0.2) is 89.8 Å². The van der Waals surface area contributed by atoms with E-state index >= 15 is 0 Å². The fraction of sp³-hybridized carbons (Fsp3) is 0.708. The molecule has 2 N–H and O–H groups in total. The van der Waals surface area contributed by atoms with Gasteiger partial charge in [-0.15, -0.1) is 0 Å². The molecule has 180 valence electrons. The van der Waals surface area contributed by atoms with Crippen LogP contribution in [0.4, 0.5) is 0 Å². The van der Waals surface area contributed by atoms with E-state index in [0.29, 0.717) is 19.1 Å². The fourth-order valence-corrected chi connectivity index (χ4v) is 3.74. The predicted molar refractivity (Wildman–Crippen MR) is 126 cm³/mol. The number of morpholine rings is 1. The largest absolute Gasteiger partial charge is 0.492 e. The van der Waals surface area contributed by atoms with Crippen LogP contribution in [0.15, 0.2) is 29.3 Å². The van der Waals surface area contributed by atoms with E-state index in [9.17, 15) is 0 Å². The third kappa shape index (κ3) is 9.32. The van der Waals surface area contributed by atoms with E-state index in [1.54, 1.807) is 0 Å². The van der Waals surface area contributed by atoms with Crippen molar-refractivity contribution in [3.63, 3.8) is 0 Å². The van der Waals surface area contributed by atoms with Crippen molar-refractivity contribution in [1.29, 1.82) is 0 Å². The number of hydrogen-bond donors (Lipinski definition) is 2. The number of nitrogens with zero attached hydrogens (tertiary/aromatic N) is 2. The van der Waals surface area contributed by atoms with E-state index in [2.05, 4.69) is 28.5 Å². The van der Waals surface area contributed by atoms with E-state index in [1.165, 1.54) is 0 Å². The lowest BCUT2D eigenvalue weighted by molar-refractivity contribution is 0.0322. The molecular weight excluding hydrogens is 408 g/mol. The molecule has 0 saturated carbocycles. The SMILES string of the molecule is CCNC(=NCc1ccccc1OCCN1CCOCC1)NCCCOCC1CCOC1. The number of ether oxygens (including phenoxy) is 4. The van der Waals surface area contributed by atoms with Gasteiger partial charge in [0.15, 0.2) is 5.96 Å². The first-order valence-electron chi connectivity index (χ1n) is 12.0. The molecule has 1 atom stereocenters. The van der Waals surface area contributed by atoms with Crippen LogP contribution in [0.25, 0.3) is 0 Å². The van der Waals surface area contributed by atoms with Gasteiger partial charge in [0, 0.05) is 57.4 Å². The summed E-state index contributed by atoms with van der Waals surface area (Å²) in [5.41, 5.74) is 1.09. The van der Waals surface area contributed by atoms with Crippen LogP contribution in [0.3, 0.4) is 0 Å². The number of benzene rings is 1. The lowest BCUT2D eigenvalue weighted by Crippen LogP contribution is -2.38. The van der Waals surface area contributed by atoms with Gasteiger partial charge in [-0.1, -0.05) is 18.2 Å². The zero-order valence-corrected chi connectivity index (χ0v) is 19.5. The van der Waals surface area contributed by atoms with Crippen molar-refractivity contribution >= 4 is 5.96 Å². The Balaban J connectivity index is 1.38. The van der Waals surface area contributed by atoms with Gasteiger partial charge >= 0.3 is 0 Å². The highest BCUT2D eigenvalue weighted by atomic mass is 16.5. The van der Waals surface area contributed by atoms with Gasteiger partial charge in [-0.05, 0) is 25.8 Å². The second-order valence-electron chi connectivity index (χ2n) is 8.19. The zero-order chi connectivity index (χ0) is 22.3. The molecule has 2 fully saturated rings. The van der Waals surface area contributed by atoms with E-state index < -0.39 is 0 Å². The number of hydrogen-bond acceptors (Lipinski definition) is 6. The summed E-state index contributed by atoms with van der Waals surface area (Å²) in [6, 6.07) is 8.15. The van der Waals surface area contributed by atoms with Crippen molar-refractivity contribution < 1.29 is 18.9 Å². The van der Waals surface area contributed by atoms with Gasteiger partial charge in [0.25, 0.3) is 0 Å². The first-order valence-corrected chi connectivity index (χ1v) is 12.0. The van der Waals surface area contributed by atoms with Gasteiger partial charge < -0.3 is 29.6 Å². The van der Waals surface area contributed by atoms with E-state index in [4.69, 9.17) is 23.9 Å². The van der Waals surface area contributed by atoms with Crippen molar-refractivity contribution in [2.75, 3.05) is 79.0 Å². The molecule has 0 radical (unpaired) electrons. The minimum absolute atomic E-state index is 0.568. The van der Waals surface area contributed by atoms with Crippen molar-refractivity contribution in [2.24, 2.45) is 10.9 Å². The topological polar surface area (TPSA) is 76.6 Å². The average Bonchev–Trinajstić information content (AvgIpc) is 3.35. The number of nitrogens with one attached hydrogen (secondary N) is 2. The number of rotatable bonds is 13. The standard InChI is InChI=1S/C24H40N4O4/c1-2-25-24(26-9-5-13-30-19-21-8-14-31-20-21)27-18-22-6-3-4-7-23(22)32-17-12-28-10-15-29-16-11-28/h3-4,6-7,21H,2,5,8-20H2,1H3,(H2,25,26,27). The average molecular weight is 449 g/mol. The van der Waals surface area contributed by atoms with Crippen LogP contribution < -0.4 is 15.4 Å². The maximum Gasteiger partial charge on any atom is 0.191 e. The molecule has 0 spiro atoms. The van der Waals surface area contributed by atoms with Crippen LogP contribution in [0.1, 0.15) is 25.3 Å². The normalized spacial score (nSPS) is 19.8. The molecule has 2 aliphatic rings. The lowest BCUT2D eigenvalue weighted by atomic mass is 10.1. The Labute approximate surface area is 192 Å². The predicted octanol–water partition coefficient (Wildman–Crippen LogP) is 1.90. The minimum atomic E-state index is 0.568. The lowest BCUT2D eigenvalue weighted by Gasteiger charge is -2.26. The molecule has 2 aliphatic heterocycles.